The van der Waals surface area contributed by atoms with E-state index in [0.29, 0.717) is 11.8 Å². The minimum atomic E-state index is -0.0443. The molecule has 2 aromatic rings. The number of hydrogen-bond acceptors (Lipinski definition) is 1. The van der Waals surface area contributed by atoms with E-state index in [2.05, 4.69) is 138 Å². The summed E-state index contributed by atoms with van der Waals surface area (Å²) in [6.07, 6.45) is 14.9. The standard InChI is InChI=1S/C40H52ClN2/c1-28(2)24-26-42-34-18-11-9-16-32(34)39(5,6)36(42)22-20-30-14-13-15-31(38(30)41)21-23-37-40(7,8)33-17-10-12-19-35(33)43(37)27-25-29(3)4/h9-12,16-23,28-29H,13-15,24-27H2,1-8H3/q+1. The van der Waals surface area contributed by atoms with Gasteiger partial charge in [0.25, 0.3) is 0 Å². The number of halogens is 1. The number of benzene rings is 2. The number of para-hydroxylation sites is 2. The van der Waals surface area contributed by atoms with Crippen LogP contribution in [-0.4, -0.2) is 23.4 Å². The second-order valence-corrected chi connectivity index (χ2v) is 15.0. The Morgan fingerprint density at radius 1 is 0.814 bits per heavy atom. The van der Waals surface area contributed by atoms with Crippen LogP contribution in [-0.2, 0) is 10.8 Å². The lowest BCUT2D eigenvalue weighted by Crippen LogP contribution is -2.28. The first-order chi connectivity index (χ1) is 20.4. The van der Waals surface area contributed by atoms with Crippen LogP contribution in [0.4, 0.5) is 11.4 Å². The van der Waals surface area contributed by atoms with Crippen molar-refractivity contribution in [3.63, 3.8) is 0 Å². The van der Waals surface area contributed by atoms with E-state index >= 15 is 0 Å². The summed E-state index contributed by atoms with van der Waals surface area (Å²) in [4.78, 5) is 2.55. The van der Waals surface area contributed by atoms with Crippen molar-refractivity contribution in [3.05, 3.63) is 106 Å². The molecule has 0 unspecified atom stereocenters. The van der Waals surface area contributed by atoms with Gasteiger partial charge in [0.05, 0.1) is 5.41 Å². The van der Waals surface area contributed by atoms with Gasteiger partial charge in [0.15, 0.2) is 5.71 Å². The molecule has 0 N–H and O–H groups in total. The Morgan fingerprint density at radius 2 is 1.49 bits per heavy atom. The average Bonchev–Trinajstić information content (AvgIpc) is 3.32. The molecular weight excluding hydrogens is 544 g/mol. The second kappa shape index (κ2) is 12.6. The molecule has 0 fully saturated rings. The first-order valence-electron chi connectivity index (χ1n) is 16.5. The van der Waals surface area contributed by atoms with Crippen LogP contribution in [0.1, 0.15) is 98.6 Å². The third kappa shape index (κ3) is 6.23. The summed E-state index contributed by atoms with van der Waals surface area (Å²) in [7, 11) is 0. The van der Waals surface area contributed by atoms with Gasteiger partial charge in [-0.15, -0.1) is 0 Å². The molecule has 0 amide bonds. The molecule has 2 nitrogen and oxygen atoms in total. The van der Waals surface area contributed by atoms with Crippen LogP contribution in [0.5, 0.6) is 0 Å². The van der Waals surface area contributed by atoms with Crippen LogP contribution in [0.2, 0.25) is 0 Å². The van der Waals surface area contributed by atoms with Gasteiger partial charge in [0.1, 0.15) is 6.54 Å². The van der Waals surface area contributed by atoms with E-state index in [1.54, 1.807) is 0 Å². The summed E-state index contributed by atoms with van der Waals surface area (Å²) >= 11 is 7.21. The molecule has 0 atom stereocenters. The fourth-order valence-corrected chi connectivity index (χ4v) is 7.42. The molecule has 2 heterocycles. The number of fused-ring (bicyclic) bond motifs is 2. The van der Waals surface area contributed by atoms with E-state index in [4.69, 9.17) is 11.6 Å². The maximum atomic E-state index is 7.21. The molecule has 0 radical (unpaired) electrons. The molecule has 2 aromatic carbocycles. The first-order valence-corrected chi connectivity index (χ1v) is 16.9. The summed E-state index contributed by atoms with van der Waals surface area (Å²) in [6.45, 7) is 20.8. The number of hydrogen-bond donors (Lipinski definition) is 0. The van der Waals surface area contributed by atoms with Gasteiger partial charge in [0, 0.05) is 52.5 Å². The van der Waals surface area contributed by atoms with E-state index in [0.717, 1.165) is 37.4 Å². The lowest BCUT2D eigenvalue weighted by atomic mass is 9.81. The highest BCUT2D eigenvalue weighted by atomic mass is 35.5. The second-order valence-electron chi connectivity index (χ2n) is 14.6. The van der Waals surface area contributed by atoms with Gasteiger partial charge in [0.2, 0.25) is 5.69 Å². The third-order valence-electron chi connectivity index (χ3n) is 9.80. The molecule has 43 heavy (non-hydrogen) atoms. The van der Waals surface area contributed by atoms with Gasteiger partial charge >= 0.3 is 0 Å². The van der Waals surface area contributed by atoms with Gasteiger partial charge in [-0.25, -0.2) is 0 Å². The summed E-state index contributed by atoms with van der Waals surface area (Å²) in [6, 6.07) is 17.9. The predicted octanol–water partition coefficient (Wildman–Crippen LogP) is 11.0. The Bertz CT molecular complexity index is 1510. The fraction of sp³-hybridized carbons (Fsp3) is 0.475. The smallest absolute Gasteiger partial charge is 0.209 e. The molecule has 0 saturated carbocycles. The summed E-state index contributed by atoms with van der Waals surface area (Å²) in [5.41, 5.74) is 10.7. The minimum absolute atomic E-state index is 0.0443. The molecule has 0 spiro atoms. The zero-order valence-corrected chi connectivity index (χ0v) is 28.6. The number of rotatable bonds is 9. The quantitative estimate of drug-likeness (QED) is 0.261. The molecule has 5 rings (SSSR count). The van der Waals surface area contributed by atoms with Crippen molar-refractivity contribution in [2.75, 3.05) is 18.0 Å². The molecule has 1 aliphatic carbocycles. The maximum Gasteiger partial charge on any atom is 0.209 e. The van der Waals surface area contributed by atoms with Crippen molar-refractivity contribution in [3.8, 4) is 0 Å². The van der Waals surface area contributed by atoms with Crippen LogP contribution in [0.15, 0.2) is 94.7 Å². The highest BCUT2D eigenvalue weighted by Crippen LogP contribution is 2.48. The first kappa shape index (κ1) is 31.6. The highest BCUT2D eigenvalue weighted by molar-refractivity contribution is 6.32. The molecule has 3 aliphatic rings. The normalized spacial score (nSPS) is 21.3. The van der Waals surface area contributed by atoms with Crippen molar-refractivity contribution >= 4 is 28.7 Å². The van der Waals surface area contributed by atoms with Crippen molar-refractivity contribution in [2.24, 2.45) is 11.8 Å². The summed E-state index contributed by atoms with van der Waals surface area (Å²) in [5, 5.41) is 0.934. The fourth-order valence-electron chi connectivity index (χ4n) is 7.11. The highest BCUT2D eigenvalue weighted by Gasteiger charge is 2.44. The zero-order valence-electron chi connectivity index (χ0n) is 27.8. The third-order valence-corrected chi connectivity index (χ3v) is 10.3. The Morgan fingerprint density at radius 3 is 2.21 bits per heavy atom. The Hall–Kier alpha value is -2.84. The zero-order chi connectivity index (χ0) is 30.9. The lowest BCUT2D eigenvalue weighted by Gasteiger charge is -2.28. The average molecular weight is 596 g/mol. The largest absolute Gasteiger partial charge is 0.344 e. The van der Waals surface area contributed by atoms with E-state index in [1.165, 1.54) is 57.9 Å². The van der Waals surface area contributed by atoms with Crippen molar-refractivity contribution in [2.45, 2.75) is 98.3 Å². The van der Waals surface area contributed by atoms with E-state index in [1.807, 2.05) is 0 Å². The van der Waals surface area contributed by atoms with Crippen molar-refractivity contribution in [1.82, 2.24) is 0 Å². The Balaban J connectivity index is 1.48. The summed E-state index contributed by atoms with van der Waals surface area (Å²) in [5.74, 6) is 1.33. The Kier molecular flexibility index (Phi) is 9.29. The van der Waals surface area contributed by atoms with Crippen LogP contribution in [0, 0.1) is 11.8 Å². The monoisotopic (exact) mass is 595 g/mol. The lowest BCUT2D eigenvalue weighted by molar-refractivity contribution is -0.439. The van der Waals surface area contributed by atoms with Crippen molar-refractivity contribution in [1.29, 1.82) is 0 Å². The van der Waals surface area contributed by atoms with Gasteiger partial charge < -0.3 is 4.90 Å². The van der Waals surface area contributed by atoms with E-state index in [-0.39, 0.29) is 10.8 Å². The molecule has 228 valence electrons. The molecular formula is C40H52ClN2+. The predicted molar refractivity (Wildman–Crippen MR) is 187 cm³/mol. The molecule has 0 saturated heterocycles. The maximum absolute atomic E-state index is 7.21. The number of allylic oxidation sites excluding steroid dienone is 8. The molecule has 3 heteroatoms. The van der Waals surface area contributed by atoms with Crippen LogP contribution in [0.3, 0.4) is 0 Å². The van der Waals surface area contributed by atoms with E-state index < -0.39 is 0 Å². The number of anilines is 1. The minimum Gasteiger partial charge on any atom is -0.344 e. The molecule has 0 bridgehead atoms. The molecule has 0 aromatic heterocycles. The molecule has 2 aliphatic heterocycles. The van der Waals surface area contributed by atoms with Crippen molar-refractivity contribution < 1.29 is 4.58 Å². The van der Waals surface area contributed by atoms with E-state index in [9.17, 15) is 0 Å². The summed E-state index contributed by atoms with van der Waals surface area (Å²) < 4.78 is 2.55. The van der Waals surface area contributed by atoms with Crippen LogP contribution < -0.4 is 4.90 Å². The van der Waals surface area contributed by atoms with Gasteiger partial charge in [-0.1, -0.05) is 102 Å². The number of nitrogens with zero attached hydrogens (tertiary/aromatic N) is 2. The van der Waals surface area contributed by atoms with Gasteiger partial charge in [-0.05, 0) is 80.2 Å². The SMILES string of the molecule is CC(C)CCN1/C(=C/C=C2\CCCC(/C=C/C3=[N+](CCC(C)C)c4ccccc4C3(C)C)=C2Cl)C(C)(C)c2ccccc21. The van der Waals surface area contributed by atoms with Gasteiger partial charge in [-0.2, -0.15) is 4.58 Å². The van der Waals surface area contributed by atoms with Gasteiger partial charge in [-0.3, -0.25) is 0 Å². The van der Waals surface area contributed by atoms with Crippen LogP contribution in [0.25, 0.3) is 0 Å². The Labute approximate surface area is 266 Å². The van der Waals surface area contributed by atoms with Crippen LogP contribution >= 0.6 is 11.6 Å². The topological polar surface area (TPSA) is 6.25 Å².